The smallest absolute Gasteiger partial charge is 0.355 e. The first kappa shape index (κ1) is 25.2. The number of nitrogens with one attached hydrogen (secondary N) is 3. The average Bonchev–Trinajstić information content (AvgIpc) is 2.67. The SMILES string of the molecule is CN=C(NCCNS(=O)(=O)c1ccccc1)NCc1cccc(C(F)(F)F)c1.I. The van der Waals surface area contributed by atoms with Gasteiger partial charge < -0.3 is 10.6 Å². The minimum Gasteiger partial charge on any atom is -0.355 e. The van der Waals surface area contributed by atoms with Gasteiger partial charge in [0.05, 0.1) is 10.5 Å². The summed E-state index contributed by atoms with van der Waals surface area (Å²) < 4.78 is 64.9. The summed E-state index contributed by atoms with van der Waals surface area (Å²) in [5.41, 5.74) is -0.271. The summed E-state index contributed by atoms with van der Waals surface area (Å²) in [6.07, 6.45) is -4.40. The van der Waals surface area contributed by atoms with Gasteiger partial charge in [-0.1, -0.05) is 30.3 Å². The van der Waals surface area contributed by atoms with E-state index in [0.29, 0.717) is 11.5 Å². The van der Waals surface area contributed by atoms with Crippen LogP contribution in [0.2, 0.25) is 0 Å². The second kappa shape index (κ2) is 11.4. The molecule has 0 heterocycles. The van der Waals surface area contributed by atoms with Crippen LogP contribution < -0.4 is 15.4 Å². The van der Waals surface area contributed by atoms with Crippen molar-refractivity contribution in [1.29, 1.82) is 0 Å². The third kappa shape index (κ3) is 8.19. The lowest BCUT2D eigenvalue weighted by molar-refractivity contribution is -0.137. The molecule has 0 saturated heterocycles. The first-order chi connectivity index (χ1) is 13.2. The Balaban J connectivity index is 0.00000420. The predicted molar refractivity (Wildman–Crippen MR) is 117 cm³/mol. The normalized spacial score (nSPS) is 12.2. The average molecular weight is 542 g/mol. The van der Waals surface area contributed by atoms with E-state index >= 15 is 0 Å². The molecule has 2 aromatic rings. The Hall–Kier alpha value is -1.86. The Morgan fingerprint density at radius 1 is 1.00 bits per heavy atom. The minimum atomic E-state index is -4.40. The number of nitrogens with zero attached hydrogens (tertiary/aromatic N) is 1. The molecule has 0 bridgehead atoms. The van der Waals surface area contributed by atoms with Crippen molar-refractivity contribution in [1.82, 2.24) is 15.4 Å². The molecule has 0 spiro atoms. The summed E-state index contributed by atoms with van der Waals surface area (Å²) in [5, 5.41) is 5.79. The summed E-state index contributed by atoms with van der Waals surface area (Å²) in [6.45, 7) is 0.495. The molecule has 0 aliphatic heterocycles. The number of alkyl halides is 3. The first-order valence-corrected chi connectivity index (χ1v) is 9.86. The maximum absolute atomic E-state index is 12.7. The van der Waals surface area contributed by atoms with Gasteiger partial charge in [0, 0.05) is 26.7 Å². The quantitative estimate of drug-likeness (QED) is 0.218. The summed E-state index contributed by atoms with van der Waals surface area (Å²) in [7, 11) is -2.09. The van der Waals surface area contributed by atoms with Crippen molar-refractivity contribution in [2.45, 2.75) is 17.6 Å². The zero-order valence-corrected chi connectivity index (χ0v) is 18.7. The number of benzene rings is 2. The topological polar surface area (TPSA) is 82.6 Å². The second-order valence-electron chi connectivity index (χ2n) is 5.76. The van der Waals surface area contributed by atoms with E-state index in [0.717, 1.165) is 12.1 Å². The number of rotatable bonds is 7. The Morgan fingerprint density at radius 2 is 1.69 bits per heavy atom. The standard InChI is InChI=1S/C18H21F3N4O2S.HI/c1-22-17(24-13-14-6-5-7-15(12-14)18(19,20)21)23-10-11-25-28(26,27)16-8-3-2-4-9-16;/h2-9,12,25H,10-11,13H2,1H3,(H2,22,23,24);1H. The molecule has 0 aromatic heterocycles. The van der Waals surface area contributed by atoms with Gasteiger partial charge in [-0.3, -0.25) is 4.99 Å². The molecule has 11 heteroatoms. The predicted octanol–water partition coefficient (Wildman–Crippen LogP) is 2.97. The van der Waals surface area contributed by atoms with Crippen LogP contribution in [0.5, 0.6) is 0 Å². The van der Waals surface area contributed by atoms with Crippen LogP contribution in [0.25, 0.3) is 0 Å². The van der Waals surface area contributed by atoms with Crippen molar-refractivity contribution in [2.75, 3.05) is 20.1 Å². The van der Waals surface area contributed by atoms with Gasteiger partial charge >= 0.3 is 6.18 Å². The number of aliphatic imine (C=N–C) groups is 1. The Kier molecular flexibility index (Phi) is 9.86. The highest BCUT2D eigenvalue weighted by Gasteiger charge is 2.30. The van der Waals surface area contributed by atoms with Crippen molar-refractivity contribution >= 4 is 40.0 Å². The van der Waals surface area contributed by atoms with Crippen molar-refractivity contribution in [3.05, 3.63) is 65.7 Å². The third-order valence-corrected chi connectivity index (χ3v) is 5.18. The van der Waals surface area contributed by atoms with Crippen LogP contribution in [0.3, 0.4) is 0 Å². The van der Waals surface area contributed by atoms with Crippen LogP contribution in [0.4, 0.5) is 13.2 Å². The lowest BCUT2D eigenvalue weighted by atomic mass is 10.1. The Bertz CT molecular complexity index is 907. The third-order valence-electron chi connectivity index (χ3n) is 3.70. The van der Waals surface area contributed by atoms with Gasteiger partial charge in [0.2, 0.25) is 10.0 Å². The van der Waals surface area contributed by atoms with Gasteiger partial charge in [-0.05, 0) is 29.8 Å². The number of guanidine groups is 1. The molecule has 0 amide bonds. The molecule has 0 atom stereocenters. The van der Waals surface area contributed by atoms with E-state index < -0.39 is 21.8 Å². The van der Waals surface area contributed by atoms with Crippen LogP contribution in [-0.2, 0) is 22.7 Å². The van der Waals surface area contributed by atoms with Crippen LogP contribution >= 0.6 is 24.0 Å². The Morgan fingerprint density at radius 3 is 2.31 bits per heavy atom. The van der Waals surface area contributed by atoms with Crippen molar-refractivity contribution in [3.8, 4) is 0 Å². The lowest BCUT2D eigenvalue weighted by Gasteiger charge is -2.13. The van der Waals surface area contributed by atoms with E-state index in [2.05, 4.69) is 20.3 Å². The molecular formula is C18H22F3IN4O2S. The molecule has 160 valence electrons. The number of halogens is 4. The van der Waals surface area contributed by atoms with Gasteiger partial charge in [-0.2, -0.15) is 13.2 Å². The number of sulfonamides is 1. The Labute approximate surface area is 185 Å². The van der Waals surface area contributed by atoms with Crippen LogP contribution in [0, 0.1) is 0 Å². The van der Waals surface area contributed by atoms with E-state index in [9.17, 15) is 21.6 Å². The lowest BCUT2D eigenvalue weighted by Crippen LogP contribution is -2.41. The second-order valence-corrected chi connectivity index (χ2v) is 7.53. The molecular weight excluding hydrogens is 520 g/mol. The van der Waals surface area contributed by atoms with Crippen LogP contribution in [0.15, 0.2) is 64.5 Å². The van der Waals surface area contributed by atoms with Crippen LogP contribution in [-0.4, -0.2) is 34.5 Å². The molecule has 0 aliphatic carbocycles. The largest absolute Gasteiger partial charge is 0.416 e. The van der Waals surface area contributed by atoms with Gasteiger partial charge in [0.15, 0.2) is 5.96 Å². The number of hydrogen-bond acceptors (Lipinski definition) is 3. The van der Waals surface area contributed by atoms with Crippen LogP contribution in [0.1, 0.15) is 11.1 Å². The highest BCUT2D eigenvalue weighted by molar-refractivity contribution is 14.0. The highest BCUT2D eigenvalue weighted by atomic mass is 127. The molecule has 2 aromatic carbocycles. The van der Waals surface area contributed by atoms with Crippen molar-refractivity contribution in [2.24, 2.45) is 4.99 Å². The van der Waals surface area contributed by atoms with Gasteiger partial charge in [0.25, 0.3) is 0 Å². The molecule has 6 nitrogen and oxygen atoms in total. The summed E-state index contributed by atoms with van der Waals surface area (Å²) in [5.74, 6) is 0.344. The van der Waals surface area contributed by atoms with Gasteiger partial charge in [-0.25, -0.2) is 13.1 Å². The molecule has 0 aliphatic rings. The molecule has 0 unspecified atom stereocenters. The van der Waals surface area contributed by atoms with E-state index in [-0.39, 0.29) is 48.5 Å². The molecule has 29 heavy (non-hydrogen) atoms. The minimum absolute atomic E-state index is 0. The fourth-order valence-corrected chi connectivity index (χ4v) is 3.37. The van der Waals surface area contributed by atoms with Gasteiger partial charge in [-0.15, -0.1) is 24.0 Å². The van der Waals surface area contributed by atoms with E-state index in [4.69, 9.17) is 0 Å². The first-order valence-electron chi connectivity index (χ1n) is 8.38. The zero-order chi connectivity index (χ0) is 20.6. The van der Waals surface area contributed by atoms with Crippen molar-refractivity contribution < 1.29 is 21.6 Å². The van der Waals surface area contributed by atoms with E-state index in [1.165, 1.54) is 25.2 Å². The molecule has 2 rings (SSSR count). The van der Waals surface area contributed by atoms with E-state index in [1.807, 2.05) is 0 Å². The van der Waals surface area contributed by atoms with E-state index in [1.54, 1.807) is 24.3 Å². The van der Waals surface area contributed by atoms with Gasteiger partial charge in [0.1, 0.15) is 0 Å². The summed E-state index contributed by atoms with van der Waals surface area (Å²) >= 11 is 0. The fourth-order valence-electron chi connectivity index (χ4n) is 2.31. The highest BCUT2D eigenvalue weighted by Crippen LogP contribution is 2.29. The maximum atomic E-state index is 12.7. The maximum Gasteiger partial charge on any atom is 0.416 e. The molecule has 0 saturated carbocycles. The zero-order valence-electron chi connectivity index (χ0n) is 15.5. The molecule has 0 radical (unpaired) electrons. The van der Waals surface area contributed by atoms with Crippen molar-refractivity contribution in [3.63, 3.8) is 0 Å². The number of hydrogen-bond donors (Lipinski definition) is 3. The molecule has 3 N–H and O–H groups in total. The summed E-state index contributed by atoms with van der Waals surface area (Å²) in [4.78, 5) is 4.13. The monoisotopic (exact) mass is 542 g/mol. The summed E-state index contributed by atoms with van der Waals surface area (Å²) in [6, 6.07) is 13.0. The molecule has 0 fully saturated rings. The fraction of sp³-hybridized carbons (Fsp3) is 0.278.